The van der Waals surface area contributed by atoms with Crippen molar-refractivity contribution in [2.24, 2.45) is 5.10 Å². The predicted octanol–water partition coefficient (Wildman–Crippen LogP) is 5.19. The first kappa shape index (κ1) is 28.0. The molecule has 0 amide bonds. The summed E-state index contributed by atoms with van der Waals surface area (Å²) < 4.78 is 11.2. The number of anilines is 4. The van der Waals surface area contributed by atoms with Crippen molar-refractivity contribution in [2.75, 3.05) is 35.3 Å². The first-order valence-electron chi connectivity index (χ1n) is 13.3. The van der Waals surface area contributed by atoms with Gasteiger partial charge < -0.3 is 19.7 Å². The number of nitrogens with zero attached hydrogens (tertiary/aromatic N) is 6. The third-order valence-corrected chi connectivity index (χ3v) is 6.20. The number of aromatic nitrogens is 3. The molecule has 5 rings (SSSR count). The maximum Gasteiger partial charge on any atom is 0.343 e. The summed E-state index contributed by atoms with van der Waals surface area (Å²) >= 11 is 0. The fourth-order valence-corrected chi connectivity index (χ4v) is 4.18. The number of esters is 1. The lowest BCUT2D eigenvalue weighted by Gasteiger charge is -2.16. The van der Waals surface area contributed by atoms with E-state index in [4.69, 9.17) is 9.47 Å². The maximum absolute atomic E-state index is 12.6. The molecule has 0 bridgehead atoms. The summed E-state index contributed by atoms with van der Waals surface area (Å²) in [5.41, 5.74) is 4.45. The third kappa shape index (κ3) is 7.13. The molecule has 1 aliphatic rings. The minimum atomic E-state index is -0.669. The van der Waals surface area contributed by atoms with Crippen molar-refractivity contribution in [3.8, 4) is 11.5 Å². The number of ether oxygens (including phenoxy) is 2. The number of nitrogens with one attached hydrogen (secondary N) is 2. The Labute approximate surface area is 241 Å². The van der Waals surface area contributed by atoms with Gasteiger partial charge in [-0.15, -0.1) is 0 Å². The summed E-state index contributed by atoms with van der Waals surface area (Å²) in [7, 11) is 0. The molecule has 1 aromatic heterocycles. The number of benzene rings is 3. The zero-order chi connectivity index (χ0) is 29.3. The van der Waals surface area contributed by atoms with E-state index in [2.05, 4.69) is 35.7 Å². The van der Waals surface area contributed by atoms with E-state index in [0.717, 1.165) is 31.6 Å². The number of rotatable bonds is 11. The van der Waals surface area contributed by atoms with Crippen LogP contribution in [0.4, 0.5) is 29.2 Å². The second-order valence-corrected chi connectivity index (χ2v) is 9.17. The number of para-hydroxylation sites is 1. The lowest BCUT2D eigenvalue weighted by atomic mass is 10.2. The van der Waals surface area contributed by atoms with E-state index in [1.807, 2.05) is 37.3 Å². The zero-order valence-corrected chi connectivity index (χ0v) is 22.8. The number of hydrogen-bond donors (Lipinski definition) is 2. The molecule has 0 aliphatic carbocycles. The Morgan fingerprint density at radius 3 is 2.45 bits per heavy atom. The zero-order valence-electron chi connectivity index (χ0n) is 22.8. The van der Waals surface area contributed by atoms with E-state index in [0.29, 0.717) is 29.8 Å². The van der Waals surface area contributed by atoms with E-state index in [-0.39, 0.29) is 22.9 Å². The molecule has 1 fully saturated rings. The molecule has 1 saturated heterocycles. The normalized spacial score (nSPS) is 12.7. The minimum absolute atomic E-state index is 0.119. The van der Waals surface area contributed by atoms with Crippen LogP contribution in [-0.2, 0) is 0 Å². The summed E-state index contributed by atoms with van der Waals surface area (Å²) in [5.74, 6) is 1.11. The summed E-state index contributed by atoms with van der Waals surface area (Å²) in [6.07, 6.45) is 3.72. The van der Waals surface area contributed by atoms with Crippen LogP contribution in [0.5, 0.6) is 11.5 Å². The van der Waals surface area contributed by atoms with Crippen molar-refractivity contribution in [1.82, 2.24) is 15.0 Å². The highest BCUT2D eigenvalue weighted by Crippen LogP contribution is 2.29. The van der Waals surface area contributed by atoms with Crippen molar-refractivity contribution >= 4 is 41.4 Å². The van der Waals surface area contributed by atoms with Gasteiger partial charge in [0.05, 0.1) is 23.3 Å². The molecule has 3 aromatic carbocycles. The van der Waals surface area contributed by atoms with Crippen LogP contribution in [0.3, 0.4) is 0 Å². The molecule has 2 N–H and O–H groups in total. The molecular formula is C29H28N8O5. The van der Waals surface area contributed by atoms with Gasteiger partial charge in [0.1, 0.15) is 0 Å². The van der Waals surface area contributed by atoms with Crippen molar-refractivity contribution in [3.63, 3.8) is 0 Å². The van der Waals surface area contributed by atoms with Gasteiger partial charge in [-0.3, -0.25) is 10.1 Å². The van der Waals surface area contributed by atoms with Gasteiger partial charge in [0.25, 0.3) is 5.69 Å². The van der Waals surface area contributed by atoms with Gasteiger partial charge in [-0.2, -0.15) is 20.1 Å². The summed E-state index contributed by atoms with van der Waals surface area (Å²) in [6, 6.07) is 19.8. The van der Waals surface area contributed by atoms with Crippen LogP contribution in [0.15, 0.2) is 77.9 Å². The number of carbonyl (C=O) groups is 1. The third-order valence-electron chi connectivity index (χ3n) is 6.20. The van der Waals surface area contributed by atoms with Crippen LogP contribution in [0, 0.1) is 10.1 Å². The number of hydrogen-bond acceptors (Lipinski definition) is 12. The molecule has 13 nitrogen and oxygen atoms in total. The van der Waals surface area contributed by atoms with Gasteiger partial charge in [-0.05, 0) is 67.8 Å². The number of non-ortho nitro benzene ring substituents is 1. The molecule has 4 aromatic rings. The van der Waals surface area contributed by atoms with Gasteiger partial charge in [-0.1, -0.05) is 18.2 Å². The SMILES string of the molecule is CCOc1cc(/C=N\Nc2nc(Nc3ccccc3)nc(N3CCCC3)n2)ccc1OC(=O)c1ccc([N+](=O)[O-])cc1. The largest absolute Gasteiger partial charge is 0.490 e. The predicted molar refractivity (Wildman–Crippen MR) is 158 cm³/mol. The van der Waals surface area contributed by atoms with Crippen molar-refractivity contribution in [2.45, 2.75) is 19.8 Å². The fourth-order valence-electron chi connectivity index (χ4n) is 4.18. The highest BCUT2D eigenvalue weighted by atomic mass is 16.6. The second kappa shape index (κ2) is 13.2. The highest BCUT2D eigenvalue weighted by molar-refractivity contribution is 5.92. The molecule has 1 aliphatic heterocycles. The van der Waals surface area contributed by atoms with Gasteiger partial charge in [0, 0.05) is 30.9 Å². The Hall–Kier alpha value is -5.59. The summed E-state index contributed by atoms with van der Waals surface area (Å²) in [5, 5.41) is 18.4. The minimum Gasteiger partial charge on any atom is -0.490 e. The van der Waals surface area contributed by atoms with Crippen molar-refractivity contribution < 1.29 is 19.2 Å². The fraction of sp³-hybridized carbons (Fsp3) is 0.207. The molecule has 42 heavy (non-hydrogen) atoms. The molecule has 0 radical (unpaired) electrons. The first-order chi connectivity index (χ1) is 20.5. The maximum atomic E-state index is 12.6. The number of hydrazone groups is 1. The van der Waals surface area contributed by atoms with E-state index in [9.17, 15) is 14.9 Å². The summed E-state index contributed by atoms with van der Waals surface area (Å²) in [4.78, 5) is 38.7. The van der Waals surface area contributed by atoms with Gasteiger partial charge >= 0.3 is 5.97 Å². The van der Waals surface area contributed by atoms with Crippen LogP contribution in [0.2, 0.25) is 0 Å². The molecule has 2 heterocycles. The van der Waals surface area contributed by atoms with Gasteiger partial charge in [0.15, 0.2) is 11.5 Å². The average Bonchev–Trinajstić information content (AvgIpc) is 3.54. The lowest BCUT2D eigenvalue weighted by Crippen LogP contribution is -2.21. The quantitative estimate of drug-likeness (QED) is 0.0807. The number of nitro groups is 1. The van der Waals surface area contributed by atoms with Crippen LogP contribution >= 0.6 is 0 Å². The van der Waals surface area contributed by atoms with E-state index in [1.165, 1.54) is 24.3 Å². The van der Waals surface area contributed by atoms with Gasteiger partial charge in [0.2, 0.25) is 17.8 Å². The Balaban J connectivity index is 1.30. The molecule has 13 heteroatoms. The Bertz CT molecular complexity index is 1580. The van der Waals surface area contributed by atoms with Crippen LogP contribution in [0.25, 0.3) is 0 Å². The molecule has 0 spiro atoms. The molecular weight excluding hydrogens is 540 g/mol. The standard InChI is InChI=1S/C29H28N8O5/c1-2-41-25-18-20(10-15-24(25)42-26(38)21-11-13-23(14-12-21)37(39)40)19-30-35-28-32-27(31-22-8-4-3-5-9-22)33-29(34-28)36-16-6-7-17-36/h3-5,8-15,18-19H,2,6-7,16-17H2,1H3,(H2,31,32,33,34,35)/b30-19-. The van der Waals surface area contributed by atoms with Crippen LogP contribution < -0.4 is 25.1 Å². The van der Waals surface area contributed by atoms with Crippen molar-refractivity contribution in [3.05, 3.63) is 94.0 Å². The Kier molecular flexibility index (Phi) is 8.77. The highest BCUT2D eigenvalue weighted by Gasteiger charge is 2.18. The van der Waals surface area contributed by atoms with Gasteiger partial charge in [-0.25, -0.2) is 10.2 Å². The molecule has 0 unspecified atom stereocenters. The molecule has 0 atom stereocenters. The Morgan fingerprint density at radius 2 is 1.74 bits per heavy atom. The smallest absolute Gasteiger partial charge is 0.343 e. The summed E-state index contributed by atoms with van der Waals surface area (Å²) in [6.45, 7) is 3.89. The monoisotopic (exact) mass is 568 g/mol. The topological polar surface area (TPSA) is 157 Å². The number of nitro benzene ring substituents is 1. The van der Waals surface area contributed by atoms with Crippen LogP contribution in [-0.4, -0.2) is 51.8 Å². The van der Waals surface area contributed by atoms with Crippen LogP contribution in [0.1, 0.15) is 35.7 Å². The van der Waals surface area contributed by atoms with E-state index >= 15 is 0 Å². The molecule has 214 valence electrons. The second-order valence-electron chi connectivity index (χ2n) is 9.17. The van der Waals surface area contributed by atoms with E-state index < -0.39 is 10.9 Å². The van der Waals surface area contributed by atoms with Crippen molar-refractivity contribution in [1.29, 1.82) is 0 Å². The molecule has 0 saturated carbocycles. The lowest BCUT2D eigenvalue weighted by molar-refractivity contribution is -0.384. The first-order valence-corrected chi connectivity index (χ1v) is 13.3. The average molecular weight is 569 g/mol. The number of carbonyl (C=O) groups excluding carboxylic acids is 1. The van der Waals surface area contributed by atoms with E-state index in [1.54, 1.807) is 24.4 Å². The Morgan fingerprint density at radius 1 is 1.00 bits per heavy atom.